The fraction of sp³-hybridized carbons (Fsp3) is 0.267. The number of fused-ring (bicyclic) bond motifs is 1. The van der Waals surface area contributed by atoms with Gasteiger partial charge in [-0.25, -0.2) is 4.98 Å². The number of rotatable bonds is 4. The average Bonchev–Trinajstić information content (AvgIpc) is 2.84. The predicted molar refractivity (Wildman–Crippen MR) is 81.1 cm³/mol. The molecular formula is C15H17N5O. The Bertz CT molecular complexity index is 764. The van der Waals surface area contributed by atoms with E-state index in [0.29, 0.717) is 18.4 Å². The summed E-state index contributed by atoms with van der Waals surface area (Å²) < 4.78 is 6.99. The van der Waals surface area contributed by atoms with E-state index in [4.69, 9.17) is 4.74 Å². The molecule has 0 bridgehead atoms. The molecule has 3 rings (SSSR count). The zero-order valence-corrected chi connectivity index (χ0v) is 12.3. The van der Waals surface area contributed by atoms with Crippen LogP contribution in [0.4, 0.5) is 11.5 Å². The zero-order valence-electron chi connectivity index (χ0n) is 12.3. The molecule has 0 saturated carbocycles. The van der Waals surface area contributed by atoms with Crippen LogP contribution >= 0.6 is 0 Å². The molecule has 0 aliphatic rings. The van der Waals surface area contributed by atoms with E-state index in [1.807, 2.05) is 32.0 Å². The molecule has 0 aliphatic carbocycles. The van der Waals surface area contributed by atoms with Gasteiger partial charge < -0.3 is 10.1 Å². The summed E-state index contributed by atoms with van der Waals surface area (Å²) in [5, 5.41) is 7.65. The largest absolute Gasteiger partial charge is 0.463 e. The molecule has 0 fully saturated rings. The van der Waals surface area contributed by atoms with Crippen LogP contribution in [-0.4, -0.2) is 26.2 Å². The smallest absolute Gasteiger partial charge is 0.337 e. The summed E-state index contributed by atoms with van der Waals surface area (Å²) in [6.45, 7) is 6.41. The topological polar surface area (TPSA) is 64.3 Å². The van der Waals surface area contributed by atoms with Crippen molar-refractivity contribution < 1.29 is 4.74 Å². The Morgan fingerprint density at radius 3 is 2.62 bits per heavy atom. The SMILES string of the molecule is CCOc1nc2nc(C)cc(Nc3ccc(C)cc3)n2n1. The van der Waals surface area contributed by atoms with Gasteiger partial charge in [-0.1, -0.05) is 17.7 Å². The molecule has 0 amide bonds. The summed E-state index contributed by atoms with van der Waals surface area (Å²) in [4.78, 5) is 8.62. The van der Waals surface area contributed by atoms with E-state index >= 15 is 0 Å². The molecule has 2 heterocycles. The van der Waals surface area contributed by atoms with Crippen LogP contribution in [0.5, 0.6) is 6.01 Å². The van der Waals surface area contributed by atoms with Crippen LogP contribution in [0, 0.1) is 13.8 Å². The maximum Gasteiger partial charge on any atom is 0.337 e. The third kappa shape index (κ3) is 2.79. The van der Waals surface area contributed by atoms with Crippen molar-refractivity contribution in [1.82, 2.24) is 19.6 Å². The first-order chi connectivity index (χ1) is 10.2. The van der Waals surface area contributed by atoms with Gasteiger partial charge in [-0.3, -0.25) is 0 Å². The standard InChI is InChI=1S/C15H17N5O/c1-4-21-15-18-14-16-11(3)9-13(20(14)19-15)17-12-7-5-10(2)6-8-12/h5-9,17H,4H2,1-3H3. The first-order valence-corrected chi connectivity index (χ1v) is 6.86. The van der Waals surface area contributed by atoms with Crippen molar-refractivity contribution >= 4 is 17.3 Å². The highest BCUT2D eigenvalue weighted by Crippen LogP contribution is 2.19. The maximum atomic E-state index is 5.34. The van der Waals surface area contributed by atoms with Gasteiger partial charge in [0.25, 0.3) is 5.78 Å². The van der Waals surface area contributed by atoms with Gasteiger partial charge in [-0.15, -0.1) is 5.10 Å². The minimum Gasteiger partial charge on any atom is -0.463 e. The van der Waals surface area contributed by atoms with Gasteiger partial charge in [0.2, 0.25) is 0 Å². The van der Waals surface area contributed by atoms with Crippen LogP contribution in [0.15, 0.2) is 30.3 Å². The summed E-state index contributed by atoms with van der Waals surface area (Å²) in [5.74, 6) is 1.33. The number of anilines is 2. The molecule has 108 valence electrons. The number of nitrogens with one attached hydrogen (secondary N) is 1. The lowest BCUT2D eigenvalue weighted by Gasteiger charge is -2.08. The summed E-state index contributed by atoms with van der Waals surface area (Å²) in [5.41, 5.74) is 3.07. The van der Waals surface area contributed by atoms with Crippen molar-refractivity contribution in [3.05, 3.63) is 41.6 Å². The van der Waals surface area contributed by atoms with Crippen LogP contribution in [0.1, 0.15) is 18.2 Å². The lowest BCUT2D eigenvalue weighted by molar-refractivity contribution is 0.313. The van der Waals surface area contributed by atoms with Gasteiger partial charge in [0.1, 0.15) is 5.82 Å². The number of hydrogen-bond donors (Lipinski definition) is 1. The predicted octanol–water partition coefficient (Wildman–Crippen LogP) is 2.88. The molecule has 1 N–H and O–H groups in total. The molecule has 6 heteroatoms. The van der Waals surface area contributed by atoms with Crippen LogP contribution < -0.4 is 10.1 Å². The average molecular weight is 283 g/mol. The normalized spacial score (nSPS) is 10.8. The fourth-order valence-electron chi connectivity index (χ4n) is 2.03. The Balaban J connectivity index is 2.01. The van der Waals surface area contributed by atoms with E-state index in [-0.39, 0.29) is 0 Å². The monoisotopic (exact) mass is 283 g/mol. The molecule has 3 aromatic rings. The molecule has 0 unspecified atom stereocenters. The first-order valence-electron chi connectivity index (χ1n) is 6.86. The highest BCUT2D eigenvalue weighted by atomic mass is 16.5. The minimum atomic E-state index is 0.336. The summed E-state index contributed by atoms with van der Waals surface area (Å²) >= 11 is 0. The molecule has 0 spiro atoms. The van der Waals surface area contributed by atoms with Gasteiger partial charge >= 0.3 is 6.01 Å². The summed E-state index contributed by atoms with van der Waals surface area (Å²) in [6, 6.07) is 10.4. The number of nitrogens with zero attached hydrogens (tertiary/aromatic N) is 4. The lowest BCUT2D eigenvalue weighted by Crippen LogP contribution is -2.02. The van der Waals surface area contributed by atoms with E-state index in [9.17, 15) is 0 Å². The summed E-state index contributed by atoms with van der Waals surface area (Å²) in [6.07, 6.45) is 0. The van der Waals surface area contributed by atoms with Crippen LogP contribution in [0.3, 0.4) is 0 Å². The number of aryl methyl sites for hydroxylation is 2. The van der Waals surface area contributed by atoms with E-state index in [2.05, 4.69) is 39.4 Å². The molecule has 0 saturated heterocycles. The number of benzene rings is 1. The number of ether oxygens (including phenoxy) is 1. The third-order valence-corrected chi connectivity index (χ3v) is 3.02. The van der Waals surface area contributed by atoms with Crippen molar-refractivity contribution in [1.29, 1.82) is 0 Å². The molecule has 0 atom stereocenters. The highest BCUT2D eigenvalue weighted by Gasteiger charge is 2.10. The second-order valence-electron chi connectivity index (χ2n) is 4.81. The van der Waals surface area contributed by atoms with Gasteiger partial charge in [0.05, 0.1) is 6.61 Å². The maximum absolute atomic E-state index is 5.34. The Kier molecular flexibility index (Phi) is 3.43. The van der Waals surface area contributed by atoms with Gasteiger partial charge in [-0.05, 0) is 32.9 Å². The fourth-order valence-corrected chi connectivity index (χ4v) is 2.03. The Labute approximate surface area is 122 Å². The molecule has 2 aromatic heterocycles. The quantitative estimate of drug-likeness (QED) is 0.797. The minimum absolute atomic E-state index is 0.336. The lowest BCUT2D eigenvalue weighted by atomic mass is 10.2. The molecule has 1 aromatic carbocycles. The van der Waals surface area contributed by atoms with Crippen molar-refractivity contribution in [2.24, 2.45) is 0 Å². The van der Waals surface area contributed by atoms with E-state index in [1.54, 1.807) is 4.52 Å². The number of hydrogen-bond acceptors (Lipinski definition) is 5. The van der Waals surface area contributed by atoms with Gasteiger partial charge in [-0.2, -0.15) is 9.50 Å². The van der Waals surface area contributed by atoms with Crippen molar-refractivity contribution in [2.45, 2.75) is 20.8 Å². The van der Waals surface area contributed by atoms with Crippen molar-refractivity contribution in [2.75, 3.05) is 11.9 Å². The number of aromatic nitrogens is 4. The zero-order chi connectivity index (χ0) is 14.8. The second-order valence-corrected chi connectivity index (χ2v) is 4.81. The first kappa shape index (κ1) is 13.4. The van der Waals surface area contributed by atoms with Crippen molar-refractivity contribution in [3.8, 4) is 6.01 Å². The van der Waals surface area contributed by atoms with Crippen molar-refractivity contribution in [3.63, 3.8) is 0 Å². The molecule has 0 aliphatic heterocycles. The third-order valence-electron chi connectivity index (χ3n) is 3.02. The van der Waals surface area contributed by atoms with E-state index in [0.717, 1.165) is 17.2 Å². The summed E-state index contributed by atoms with van der Waals surface area (Å²) in [7, 11) is 0. The Morgan fingerprint density at radius 1 is 1.14 bits per heavy atom. The van der Waals surface area contributed by atoms with E-state index in [1.165, 1.54) is 5.56 Å². The Morgan fingerprint density at radius 2 is 1.90 bits per heavy atom. The molecule has 21 heavy (non-hydrogen) atoms. The van der Waals surface area contributed by atoms with Crippen LogP contribution in [-0.2, 0) is 0 Å². The van der Waals surface area contributed by atoms with E-state index < -0.39 is 0 Å². The Hall–Kier alpha value is -2.63. The highest BCUT2D eigenvalue weighted by molar-refractivity contribution is 5.59. The molecular weight excluding hydrogens is 266 g/mol. The van der Waals surface area contributed by atoms with Crippen LogP contribution in [0.25, 0.3) is 5.78 Å². The van der Waals surface area contributed by atoms with Gasteiger partial charge in [0, 0.05) is 17.4 Å². The second kappa shape index (κ2) is 5.40. The molecule has 0 radical (unpaired) electrons. The van der Waals surface area contributed by atoms with Gasteiger partial charge in [0.15, 0.2) is 0 Å². The molecule has 6 nitrogen and oxygen atoms in total. The van der Waals surface area contributed by atoms with Crippen LogP contribution in [0.2, 0.25) is 0 Å².